The summed E-state index contributed by atoms with van der Waals surface area (Å²) in [5.74, 6) is 0.314. The molecule has 5 aromatic rings. The van der Waals surface area contributed by atoms with Gasteiger partial charge in [0.2, 0.25) is 5.43 Å². The van der Waals surface area contributed by atoms with Crippen molar-refractivity contribution in [3.8, 4) is 0 Å². The Kier molecular flexibility index (Phi) is 6.55. The lowest BCUT2D eigenvalue weighted by atomic mass is 10.0. The number of fused-ring (bicyclic) bond motifs is 5. The molecule has 2 N–H and O–H groups in total. The molecule has 1 aliphatic rings. The third-order valence-corrected chi connectivity index (χ3v) is 8.48. The van der Waals surface area contributed by atoms with E-state index in [4.69, 9.17) is 4.98 Å². The molecule has 0 spiro atoms. The molecule has 8 nitrogen and oxygen atoms in total. The number of amides is 1. The molecule has 4 aromatic heterocycles. The molecule has 1 amide bonds. The van der Waals surface area contributed by atoms with Gasteiger partial charge < -0.3 is 15.5 Å². The van der Waals surface area contributed by atoms with Crippen LogP contribution in [0.15, 0.2) is 59.4 Å². The Bertz CT molecular complexity index is 1730. The van der Waals surface area contributed by atoms with E-state index in [2.05, 4.69) is 27.6 Å². The van der Waals surface area contributed by atoms with Gasteiger partial charge in [0.05, 0.1) is 27.8 Å². The van der Waals surface area contributed by atoms with Gasteiger partial charge in [-0.05, 0) is 69.8 Å². The minimum atomic E-state index is -0.410. The first-order chi connectivity index (χ1) is 18.5. The lowest BCUT2D eigenvalue weighted by molar-refractivity contribution is 0.0951. The normalized spacial score (nSPS) is 16.3. The fourth-order valence-corrected chi connectivity index (χ4v) is 6.45. The lowest BCUT2D eigenvalue weighted by Gasteiger charge is -2.32. The van der Waals surface area contributed by atoms with Gasteiger partial charge in [-0.25, -0.2) is 4.98 Å². The third kappa shape index (κ3) is 4.52. The van der Waals surface area contributed by atoms with Gasteiger partial charge in [-0.1, -0.05) is 24.6 Å². The number of hydrogen-bond donors (Lipinski definition) is 2. The second-order valence-corrected chi connectivity index (χ2v) is 11.0. The van der Waals surface area contributed by atoms with Crippen LogP contribution in [0.2, 0.25) is 0 Å². The maximum absolute atomic E-state index is 13.7. The zero-order chi connectivity index (χ0) is 26.2. The zero-order valence-corrected chi connectivity index (χ0v) is 22.3. The molecule has 38 heavy (non-hydrogen) atoms. The van der Waals surface area contributed by atoms with Gasteiger partial charge in [0.25, 0.3) is 5.91 Å². The van der Waals surface area contributed by atoms with Crippen LogP contribution in [0.5, 0.6) is 0 Å². The van der Waals surface area contributed by atoms with Crippen LogP contribution in [0.1, 0.15) is 41.0 Å². The molecule has 1 aromatic carbocycles. The molecule has 1 fully saturated rings. The van der Waals surface area contributed by atoms with Crippen molar-refractivity contribution in [2.75, 3.05) is 25.5 Å². The van der Waals surface area contributed by atoms with Gasteiger partial charge in [0, 0.05) is 18.3 Å². The highest BCUT2D eigenvalue weighted by Gasteiger charge is 2.23. The minimum Gasteiger partial charge on any atom is -0.368 e. The number of aryl methyl sites for hydroxylation is 1. The molecule has 5 heterocycles. The van der Waals surface area contributed by atoms with Crippen molar-refractivity contribution in [1.82, 2.24) is 24.6 Å². The number of aromatic nitrogens is 3. The average molecular weight is 527 g/mol. The summed E-state index contributed by atoms with van der Waals surface area (Å²) >= 11 is 1.43. The number of nitrogens with zero attached hydrogens (tertiary/aromatic N) is 4. The number of piperidine rings is 1. The van der Waals surface area contributed by atoms with Gasteiger partial charge in [-0.3, -0.25) is 19.0 Å². The predicted molar refractivity (Wildman–Crippen MR) is 153 cm³/mol. The molecule has 1 saturated heterocycles. The average Bonchev–Trinajstić information content (AvgIpc) is 3.31. The highest BCUT2D eigenvalue weighted by molar-refractivity contribution is 7.24. The van der Waals surface area contributed by atoms with E-state index in [-0.39, 0.29) is 17.5 Å². The number of carbonyl (C=O) groups excluding carboxylic acids is 1. The van der Waals surface area contributed by atoms with Gasteiger partial charge in [0.1, 0.15) is 16.2 Å². The standard InChI is InChI=1S/C29H30N6O2S/c1-18-8-7-9-19(32-18)16-31-28(37)25-26(36)21-13-14-24(30-17-20-10-5-6-15-34(20)2)33-27(21)35-22-11-3-4-12-23(22)38-29(25)35/h3-4,7-9,11-14,20H,5-6,10,15-17H2,1-2H3,(H,30,33)(H,31,37). The quantitative estimate of drug-likeness (QED) is 0.336. The van der Waals surface area contributed by atoms with Crippen LogP contribution in [0.25, 0.3) is 26.1 Å². The van der Waals surface area contributed by atoms with Crippen LogP contribution in [0.4, 0.5) is 5.82 Å². The maximum Gasteiger partial charge on any atom is 0.258 e. The largest absolute Gasteiger partial charge is 0.368 e. The number of nitrogens with one attached hydrogen (secondary N) is 2. The van der Waals surface area contributed by atoms with Crippen LogP contribution in [-0.2, 0) is 6.54 Å². The Morgan fingerprint density at radius 1 is 1.08 bits per heavy atom. The predicted octanol–water partition coefficient (Wildman–Crippen LogP) is 4.59. The summed E-state index contributed by atoms with van der Waals surface area (Å²) in [6, 6.07) is 17.7. The van der Waals surface area contributed by atoms with Crippen LogP contribution in [-0.4, -0.2) is 51.4 Å². The molecule has 1 atom stereocenters. The number of benzene rings is 1. The number of likely N-dealkylation sites (N-methyl/N-ethyl adjacent to an activating group) is 1. The second kappa shape index (κ2) is 10.2. The summed E-state index contributed by atoms with van der Waals surface area (Å²) in [4.78, 5) is 39.5. The molecular weight excluding hydrogens is 496 g/mol. The maximum atomic E-state index is 13.7. The summed E-state index contributed by atoms with van der Waals surface area (Å²) in [5, 5.41) is 6.82. The summed E-state index contributed by atoms with van der Waals surface area (Å²) in [6.45, 7) is 4.06. The Hall–Kier alpha value is -3.82. The monoisotopic (exact) mass is 526 g/mol. The minimum absolute atomic E-state index is 0.137. The Labute approximate surface area is 224 Å². The Morgan fingerprint density at radius 3 is 2.79 bits per heavy atom. The summed E-state index contributed by atoms with van der Waals surface area (Å²) in [7, 11) is 2.17. The van der Waals surface area contributed by atoms with E-state index in [1.54, 1.807) is 6.07 Å². The number of likely N-dealkylation sites (tertiary alicyclic amines) is 1. The molecule has 194 valence electrons. The van der Waals surface area contributed by atoms with Crippen molar-refractivity contribution >= 4 is 49.1 Å². The van der Waals surface area contributed by atoms with Crippen LogP contribution < -0.4 is 16.1 Å². The van der Waals surface area contributed by atoms with Crippen LogP contribution >= 0.6 is 11.3 Å². The number of thiazole rings is 1. The fourth-order valence-electron chi connectivity index (χ4n) is 5.27. The molecule has 9 heteroatoms. The first-order valence-corrected chi connectivity index (χ1v) is 13.8. The topological polar surface area (TPSA) is 91.6 Å². The Morgan fingerprint density at radius 2 is 1.95 bits per heavy atom. The van der Waals surface area contributed by atoms with E-state index < -0.39 is 5.91 Å². The first kappa shape index (κ1) is 24.5. The first-order valence-electron chi connectivity index (χ1n) is 13.0. The summed E-state index contributed by atoms with van der Waals surface area (Å²) < 4.78 is 2.94. The number of para-hydroxylation sites is 1. The highest BCUT2D eigenvalue weighted by atomic mass is 32.1. The number of anilines is 1. The fraction of sp³-hybridized carbons (Fsp3) is 0.310. The SMILES string of the molecule is Cc1cccc(CNC(=O)c2c(=O)c3ccc(NCC4CCCCN4C)nc3n3c2sc2ccccc23)n1. The van der Waals surface area contributed by atoms with Crippen molar-refractivity contribution < 1.29 is 4.79 Å². The smallest absolute Gasteiger partial charge is 0.258 e. The molecule has 6 rings (SSSR count). The molecule has 1 aliphatic heterocycles. The summed E-state index contributed by atoms with van der Waals surface area (Å²) in [5.41, 5.74) is 2.92. The molecule has 0 radical (unpaired) electrons. The van der Waals surface area contributed by atoms with Gasteiger partial charge >= 0.3 is 0 Å². The number of pyridine rings is 3. The van der Waals surface area contributed by atoms with Crippen molar-refractivity contribution in [1.29, 1.82) is 0 Å². The van der Waals surface area contributed by atoms with Crippen molar-refractivity contribution in [2.24, 2.45) is 0 Å². The van der Waals surface area contributed by atoms with Crippen LogP contribution in [0.3, 0.4) is 0 Å². The second-order valence-electron chi connectivity index (χ2n) is 9.95. The van der Waals surface area contributed by atoms with E-state index in [0.717, 1.165) is 46.9 Å². The van der Waals surface area contributed by atoms with Gasteiger partial charge in [-0.15, -0.1) is 11.3 Å². The van der Waals surface area contributed by atoms with Gasteiger partial charge in [-0.2, -0.15) is 0 Å². The Balaban J connectivity index is 1.42. The lowest BCUT2D eigenvalue weighted by Crippen LogP contribution is -2.40. The number of rotatable bonds is 6. The third-order valence-electron chi connectivity index (χ3n) is 7.33. The molecule has 0 aliphatic carbocycles. The van der Waals surface area contributed by atoms with Crippen molar-refractivity contribution in [3.05, 3.63) is 81.8 Å². The number of hydrogen-bond acceptors (Lipinski definition) is 7. The summed E-state index contributed by atoms with van der Waals surface area (Å²) in [6.07, 6.45) is 3.64. The molecule has 0 saturated carbocycles. The van der Waals surface area contributed by atoms with Gasteiger partial charge in [0.15, 0.2) is 5.65 Å². The molecule has 1 unspecified atom stereocenters. The zero-order valence-electron chi connectivity index (χ0n) is 21.5. The molecular formula is C29H30N6O2S. The van der Waals surface area contributed by atoms with Crippen molar-refractivity contribution in [2.45, 2.75) is 38.8 Å². The van der Waals surface area contributed by atoms with E-state index in [1.165, 1.54) is 24.2 Å². The van der Waals surface area contributed by atoms with E-state index >= 15 is 0 Å². The van der Waals surface area contributed by atoms with E-state index in [0.29, 0.717) is 21.9 Å². The van der Waals surface area contributed by atoms with Crippen LogP contribution in [0, 0.1) is 6.92 Å². The van der Waals surface area contributed by atoms with E-state index in [1.807, 2.05) is 59.9 Å². The highest BCUT2D eigenvalue weighted by Crippen LogP contribution is 2.31. The van der Waals surface area contributed by atoms with E-state index in [9.17, 15) is 9.59 Å². The molecule has 0 bridgehead atoms. The number of carbonyl (C=O) groups is 1. The van der Waals surface area contributed by atoms with Crippen molar-refractivity contribution in [3.63, 3.8) is 0 Å².